The van der Waals surface area contributed by atoms with Gasteiger partial charge in [0.2, 0.25) is 0 Å². The Morgan fingerprint density at radius 2 is 0.622 bits per heavy atom. The van der Waals surface area contributed by atoms with E-state index in [1.165, 1.54) is 44.5 Å². The Kier molecular flexibility index (Phi) is 12.5. The van der Waals surface area contributed by atoms with Crippen LogP contribution in [0.15, 0.2) is 158 Å². The van der Waals surface area contributed by atoms with E-state index < -0.39 is 0 Å². The summed E-state index contributed by atoms with van der Waals surface area (Å²) in [4.78, 5) is 0. The smallest absolute Gasteiger partial charge is 1.00 e. The Bertz CT molecular complexity index is 1200. The first-order valence-corrected chi connectivity index (χ1v) is 11.6. The second-order valence-electron chi connectivity index (χ2n) is 8.24. The van der Waals surface area contributed by atoms with Gasteiger partial charge < -0.3 is 24.8 Å². The van der Waals surface area contributed by atoms with Crippen LogP contribution in [0.1, 0.15) is 0 Å². The molecule has 0 aliphatic heterocycles. The van der Waals surface area contributed by atoms with Crippen LogP contribution in [0.25, 0.3) is 44.5 Å². The molecule has 0 saturated carbocycles. The first-order valence-electron chi connectivity index (χ1n) is 11.6. The summed E-state index contributed by atoms with van der Waals surface area (Å²) >= 11 is 0. The van der Waals surface area contributed by atoms with Crippen molar-refractivity contribution in [2.75, 3.05) is 0 Å². The van der Waals surface area contributed by atoms with E-state index >= 15 is 0 Å². The quantitative estimate of drug-likeness (QED) is 0.274. The zero-order valence-electron chi connectivity index (χ0n) is 20.3. The van der Waals surface area contributed by atoms with Crippen molar-refractivity contribution in [1.82, 2.24) is 0 Å². The van der Waals surface area contributed by atoms with Crippen molar-refractivity contribution in [2.45, 2.75) is 0 Å². The molecule has 0 aliphatic rings. The first kappa shape index (κ1) is 30.3. The van der Waals surface area contributed by atoms with E-state index in [9.17, 15) is 0 Å². The van der Waals surface area contributed by atoms with Gasteiger partial charge in [-0.2, -0.15) is 0 Å². The summed E-state index contributed by atoms with van der Waals surface area (Å²) in [5.41, 5.74) is 10.2. The average Bonchev–Trinajstić information content (AvgIpc) is 3.62. The Labute approximate surface area is 251 Å². The number of benzene rings is 4. The number of hydrogen-bond acceptors (Lipinski definition) is 0. The minimum Gasteiger partial charge on any atom is -1.00 e. The Morgan fingerprint density at radius 1 is 0.324 bits per heavy atom. The van der Waals surface area contributed by atoms with Gasteiger partial charge in [-0.05, 0) is 0 Å². The summed E-state index contributed by atoms with van der Waals surface area (Å²) in [5, 5.41) is 0. The standard InChI is InChI=1S/2C17H13.2ClH.Zr/c2*1-3-7-14(8-4-1)16-11-12-17(13-16)15-9-5-2-6-10-15;;;/h2*1-13H;2*1H;/q2*-1;;;+4/p-2. The summed E-state index contributed by atoms with van der Waals surface area (Å²) in [7, 11) is 0. The molecule has 0 amide bonds. The summed E-state index contributed by atoms with van der Waals surface area (Å²) in [6.45, 7) is 0. The Morgan fingerprint density at radius 3 is 0.946 bits per heavy atom. The average molecular weight is 597 g/mol. The molecule has 0 spiro atoms. The molecule has 0 aromatic heterocycles. The SMILES string of the molecule is [Cl-].[Cl-].[Zr+4].c1ccc(-c2cc[c-](-c3ccccc3)c2)cc1.c1ccc(-c2cc[c-](-c3ccccc3)c2)cc1. The van der Waals surface area contributed by atoms with Crippen molar-refractivity contribution in [3.8, 4) is 44.5 Å². The van der Waals surface area contributed by atoms with Crippen molar-refractivity contribution >= 4 is 0 Å². The van der Waals surface area contributed by atoms with Gasteiger partial charge in [0.15, 0.2) is 0 Å². The first-order chi connectivity index (χ1) is 16.9. The van der Waals surface area contributed by atoms with E-state index in [-0.39, 0.29) is 51.0 Å². The minimum absolute atomic E-state index is 0. The number of hydrogen-bond donors (Lipinski definition) is 0. The van der Waals surface area contributed by atoms with Crippen LogP contribution in [-0.4, -0.2) is 0 Å². The molecule has 180 valence electrons. The van der Waals surface area contributed by atoms with Crippen molar-refractivity contribution in [3.05, 3.63) is 158 Å². The van der Waals surface area contributed by atoms with Gasteiger partial charge in [0.25, 0.3) is 0 Å². The second-order valence-corrected chi connectivity index (χ2v) is 8.24. The molecule has 6 aromatic rings. The third-order valence-electron chi connectivity index (χ3n) is 5.94. The molecule has 0 heterocycles. The van der Waals surface area contributed by atoms with Gasteiger partial charge in [0.05, 0.1) is 0 Å². The molecular formula is C34H26Cl2Zr. The van der Waals surface area contributed by atoms with Crippen LogP contribution in [0.4, 0.5) is 0 Å². The van der Waals surface area contributed by atoms with Crippen LogP contribution >= 0.6 is 0 Å². The summed E-state index contributed by atoms with van der Waals surface area (Å²) in [5.74, 6) is 0. The van der Waals surface area contributed by atoms with Crippen LogP contribution in [0, 0.1) is 0 Å². The molecule has 37 heavy (non-hydrogen) atoms. The summed E-state index contributed by atoms with van der Waals surface area (Å²) < 4.78 is 0. The third-order valence-corrected chi connectivity index (χ3v) is 5.94. The van der Waals surface area contributed by atoms with E-state index in [0.29, 0.717) is 0 Å². The van der Waals surface area contributed by atoms with Crippen molar-refractivity contribution in [2.24, 2.45) is 0 Å². The van der Waals surface area contributed by atoms with Crippen LogP contribution < -0.4 is 24.8 Å². The molecule has 0 fully saturated rings. The van der Waals surface area contributed by atoms with Crippen molar-refractivity contribution < 1.29 is 51.0 Å². The van der Waals surface area contributed by atoms with E-state index in [0.717, 1.165) is 0 Å². The molecule has 3 heteroatoms. The van der Waals surface area contributed by atoms with E-state index in [1.807, 2.05) is 24.3 Å². The minimum atomic E-state index is 0. The van der Waals surface area contributed by atoms with E-state index in [1.54, 1.807) is 0 Å². The summed E-state index contributed by atoms with van der Waals surface area (Å²) in [6, 6.07) is 55.1. The fourth-order valence-electron chi connectivity index (χ4n) is 4.13. The summed E-state index contributed by atoms with van der Waals surface area (Å²) in [6.07, 6.45) is 0. The molecule has 0 atom stereocenters. The number of halogens is 2. The zero-order chi connectivity index (χ0) is 23.0. The molecule has 6 aromatic carbocycles. The maximum atomic E-state index is 2.24. The molecule has 0 aliphatic carbocycles. The molecule has 0 bridgehead atoms. The number of rotatable bonds is 4. The van der Waals surface area contributed by atoms with E-state index in [2.05, 4.69) is 133 Å². The molecular weight excluding hydrogens is 571 g/mol. The molecule has 0 radical (unpaired) electrons. The van der Waals surface area contributed by atoms with Gasteiger partial charge in [0, 0.05) is 0 Å². The normalized spacial score (nSPS) is 9.51. The van der Waals surface area contributed by atoms with Gasteiger partial charge in [-0.15, -0.1) is 82.9 Å². The Balaban J connectivity index is 0.000000241. The molecule has 0 unspecified atom stereocenters. The topological polar surface area (TPSA) is 0 Å². The predicted molar refractivity (Wildman–Crippen MR) is 146 cm³/mol. The maximum absolute atomic E-state index is 2.24. The monoisotopic (exact) mass is 594 g/mol. The Hall–Kier alpha value is -2.96. The predicted octanol–water partition coefficient (Wildman–Crippen LogP) is 3.48. The van der Waals surface area contributed by atoms with Gasteiger partial charge in [-0.1, -0.05) is 119 Å². The van der Waals surface area contributed by atoms with Crippen molar-refractivity contribution in [3.63, 3.8) is 0 Å². The second kappa shape index (κ2) is 15.3. The maximum Gasteiger partial charge on any atom is 4.00 e. The van der Waals surface area contributed by atoms with Gasteiger partial charge in [0.1, 0.15) is 0 Å². The molecule has 6 rings (SSSR count). The zero-order valence-corrected chi connectivity index (χ0v) is 24.2. The van der Waals surface area contributed by atoms with Crippen LogP contribution in [0.2, 0.25) is 0 Å². The van der Waals surface area contributed by atoms with E-state index in [4.69, 9.17) is 0 Å². The molecule has 0 nitrogen and oxygen atoms in total. The fraction of sp³-hybridized carbons (Fsp3) is 0. The van der Waals surface area contributed by atoms with Crippen LogP contribution in [-0.2, 0) is 26.2 Å². The van der Waals surface area contributed by atoms with Crippen molar-refractivity contribution in [1.29, 1.82) is 0 Å². The van der Waals surface area contributed by atoms with Gasteiger partial charge in [-0.3, -0.25) is 0 Å². The van der Waals surface area contributed by atoms with Gasteiger partial charge >= 0.3 is 26.2 Å². The molecule has 0 saturated heterocycles. The van der Waals surface area contributed by atoms with Crippen LogP contribution in [0.5, 0.6) is 0 Å². The molecule has 0 N–H and O–H groups in total. The van der Waals surface area contributed by atoms with Crippen LogP contribution in [0.3, 0.4) is 0 Å². The third kappa shape index (κ3) is 8.01. The van der Waals surface area contributed by atoms with Gasteiger partial charge in [-0.25, -0.2) is 0 Å². The fourth-order valence-corrected chi connectivity index (χ4v) is 4.13. The largest absolute Gasteiger partial charge is 4.00 e.